The number of amides is 2. The summed E-state index contributed by atoms with van der Waals surface area (Å²) < 4.78 is 0. The summed E-state index contributed by atoms with van der Waals surface area (Å²) in [5.41, 5.74) is 6.22. The van der Waals surface area contributed by atoms with Crippen LogP contribution in [0, 0.1) is 0 Å². The number of anilines is 1. The van der Waals surface area contributed by atoms with E-state index in [0.717, 1.165) is 62.9 Å². The minimum Gasteiger partial charge on any atom is -0.371 e. The number of carbonyl (C=O) groups excluding carboxylic acids is 2. The quantitative estimate of drug-likeness (QED) is 0.492. The molecular formula is C31H35N3O2. The normalized spacial score (nSPS) is 17.8. The number of benzene rings is 3. The summed E-state index contributed by atoms with van der Waals surface area (Å²) in [6.45, 7) is 3.71. The largest absolute Gasteiger partial charge is 0.371 e. The van der Waals surface area contributed by atoms with Crippen LogP contribution in [0.2, 0.25) is 0 Å². The van der Waals surface area contributed by atoms with Gasteiger partial charge in [0.1, 0.15) is 0 Å². The number of carbonyl (C=O) groups is 2. The lowest BCUT2D eigenvalue weighted by molar-refractivity contribution is 0.0926. The smallest absolute Gasteiger partial charge is 0.253 e. The number of aryl methyl sites for hydroxylation is 2. The van der Waals surface area contributed by atoms with Crippen molar-refractivity contribution >= 4 is 17.5 Å². The van der Waals surface area contributed by atoms with E-state index < -0.39 is 0 Å². The highest BCUT2D eigenvalue weighted by Crippen LogP contribution is 2.31. The number of fused-ring (bicyclic) bond motifs is 1. The van der Waals surface area contributed by atoms with E-state index in [1.165, 1.54) is 16.7 Å². The van der Waals surface area contributed by atoms with E-state index in [4.69, 9.17) is 0 Å². The molecule has 1 fully saturated rings. The van der Waals surface area contributed by atoms with E-state index in [-0.39, 0.29) is 23.9 Å². The zero-order valence-corrected chi connectivity index (χ0v) is 21.0. The van der Waals surface area contributed by atoms with Crippen molar-refractivity contribution < 1.29 is 9.59 Å². The third kappa shape index (κ3) is 5.30. The zero-order chi connectivity index (χ0) is 24.9. The van der Waals surface area contributed by atoms with Crippen LogP contribution in [0.3, 0.4) is 0 Å². The molecule has 2 amide bonds. The van der Waals surface area contributed by atoms with E-state index >= 15 is 0 Å². The molecule has 0 spiro atoms. The molecule has 3 aromatic carbocycles. The second-order valence-corrected chi connectivity index (χ2v) is 9.92. The van der Waals surface area contributed by atoms with Gasteiger partial charge in [-0.15, -0.1) is 0 Å². The molecule has 186 valence electrons. The average Bonchev–Trinajstić information content (AvgIpc) is 2.93. The fraction of sp³-hybridized carbons (Fsp3) is 0.355. The van der Waals surface area contributed by atoms with Crippen LogP contribution in [-0.4, -0.2) is 30.9 Å². The molecule has 2 N–H and O–H groups in total. The van der Waals surface area contributed by atoms with Crippen LogP contribution in [0.25, 0.3) is 0 Å². The molecule has 1 atom stereocenters. The maximum absolute atomic E-state index is 13.4. The minimum absolute atomic E-state index is 0.0105. The highest BCUT2D eigenvalue weighted by Gasteiger charge is 2.26. The van der Waals surface area contributed by atoms with Gasteiger partial charge < -0.3 is 15.5 Å². The zero-order valence-electron chi connectivity index (χ0n) is 21.0. The number of hydrogen-bond donors (Lipinski definition) is 2. The SMILES string of the molecule is CCc1ccc(C(=O)NC2CCN(c3ccccc3C(=O)N[C@H]3CCCc4ccccc43)CC2)cc1. The molecule has 0 saturated carbocycles. The highest BCUT2D eigenvalue weighted by atomic mass is 16.2. The molecule has 5 heteroatoms. The van der Waals surface area contributed by atoms with Crippen molar-refractivity contribution in [2.75, 3.05) is 18.0 Å². The maximum Gasteiger partial charge on any atom is 0.253 e. The molecule has 5 nitrogen and oxygen atoms in total. The van der Waals surface area contributed by atoms with Gasteiger partial charge in [-0.25, -0.2) is 0 Å². The molecule has 36 heavy (non-hydrogen) atoms. The van der Waals surface area contributed by atoms with Gasteiger partial charge in [0.25, 0.3) is 11.8 Å². The van der Waals surface area contributed by atoms with Crippen molar-refractivity contribution in [3.8, 4) is 0 Å². The first-order chi connectivity index (χ1) is 17.6. The molecule has 0 aromatic heterocycles. The van der Waals surface area contributed by atoms with Crippen molar-refractivity contribution in [3.05, 3.63) is 101 Å². The number of piperidine rings is 1. The van der Waals surface area contributed by atoms with Crippen molar-refractivity contribution in [1.29, 1.82) is 0 Å². The van der Waals surface area contributed by atoms with Gasteiger partial charge in [-0.05, 0) is 79.5 Å². The maximum atomic E-state index is 13.4. The van der Waals surface area contributed by atoms with Gasteiger partial charge >= 0.3 is 0 Å². The van der Waals surface area contributed by atoms with Gasteiger partial charge in [0.05, 0.1) is 11.6 Å². The molecule has 5 rings (SSSR count). The van der Waals surface area contributed by atoms with Crippen LogP contribution in [-0.2, 0) is 12.8 Å². The predicted octanol–water partition coefficient (Wildman–Crippen LogP) is 5.46. The van der Waals surface area contributed by atoms with E-state index in [1.54, 1.807) is 0 Å². The Bertz CT molecular complexity index is 1210. The Kier molecular flexibility index (Phi) is 7.36. The van der Waals surface area contributed by atoms with Crippen molar-refractivity contribution in [3.63, 3.8) is 0 Å². The molecule has 3 aromatic rings. The number of para-hydroxylation sites is 1. The van der Waals surface area contributed by atoms with Crippen LogP contribution in [0.5, 0.6) is 0 Å². The first kappa shape index (κ1) is 24.1. The van der Waals surface area contributed by atoms with E-state index in [1.807, 2.05) is 48.5 Å². The summed E-state index contributed by atoms with van der Waals surface area (Å²) in [4.78, 5) is 28.4. The Morgan fingerprint density at radius 3 is 2.33 bits per heavy atom. The number of nitrogens with one attached hydrogen (secondary N) is 2. The van der Waals surface area contributed by atoms with Crippen molar-refractivity contribution in [2.45, 2.75) is 57.5 Å². The molecule has 0 radical (unpaired) electrons. The number of hydrogen-bond acceptors (Lipinski definition) is 3. The first-order valence-electron chi connectivity index (χ1n) is 13.2. The summed E-state index contributed by atoms with van der Waals surface area (Å²) in [5.74, 6) is -0.0260. The highest BCUT2D eigenvalue weighted by molar-refractivity contribution is 6.00. The van der Waals surface area contributed by atoms with E-state index in [2.05, 4.69) is 46.7 Å². The first-order valence-corrected chi connectivity index (χ1v) is 13.2. The van der Waals surface area contributed by atoms with Gasteiger partial charge in [-0.3, -0.25) is 9.59 Å². The molecule has 1 aliphatic heterocycles. The number of rotatable bonds is 6. The Morgan fingerprint density at radius 2 is 1.56 bits per heavy atom. The Hall–Kier alpha value is -3.60. The van der Waals surface area contributed by atoms with Crippen LogP contribution >= 0.6 is 0 Å². The number of nitrogens with zero attached hydrogens (tertiary/aromatic N) is 1. The second-order valence-electron chi connectivity index (χ2n) is 9.92. The Labute approximate surface area is 213 Å². The molecular weight excluding hydrogens is 446 g/mol. The van der Waals surface area contributed by atoms with Gasteiger partial charge in [-0.2, -0.15) is 0 Å². The molecule has 1 aliphatic carbocycles. The van der Waals surface area contributed by atoms with E-state index in [0.29, 0.717) is 5.56 Å². The summed E-state index contributed by atoms with van der Waals surface area (Å²) in [6.07, 6.45) is 5.81. The summed E-state index contributed by atoms with van der Waals surface area (Å²) >= 11 is 0. The van der Waals surface area contributed by atoms with E-state index in [9.17, 15) is 9.59 Å². The molecule has 1 saturated heterocycles. The third-order valence-electron chi connectivity index (χ3n) is 7.62. The summed E-state index contributed by atoms with van der Waals surface area (Å²) in [6, 6.07) is 24.4. The lowest BCUT2D eigenvalue weighted by Gasteiger charge is -2.35. The summed E-state index contributed by atoms with van der Waals surface area (Å²) in [7, 11) is 0. The van der Waals surface area contributed by atoms with Crippen molar-refractivity contribution in [2.24, 2.45) is 0 Å². The van der Waals surface area contributed by atoms with Crippen LogP contribution in [0.15, 0.2) is 72.8 Å². The van der Waals surface area contributed by atoms with Crippen LogP contribution < -0.4 is 15.5 Å². The van der Waals surface area contributed by atoms with Gasteiger partial charge in [-0.1, -0.05) is 55.5 Å². The fourth-order valence-electron chi connectivity index (χ4n) is 5.51. The third-order valence-corrected chi connectivity index (χ3v) is 7.62. The monoisotopic (exact) mass is 481 g/mol. The molecule has 2 aliphatic rings. The lowest BCUT2D eigenvalue weighted by Crippen LogP contribution is -2.45. The Balaban J connectivity index is 1.21. The lowest BCUT2D eigenvalue weighted by atomic mass is 9.87. The van der Waals surface area contributed by atoms with Crippen molar-refractivity contribution in [1.82, 2.24) is 10.6 Å². The standard InChI is InChI=1S/C31H35N3O2/c1-2-22-14-16-24(17-15-22)30(35)32-25-18-20-34(21-19-25)29-13-6-5-11-27(29)31(36)33-28-12-7-9-23-8-3-4-10-26(23)28/h3-6,8,10-11,13-17,25,28H,2,7,9,12,18-21H2,1H3,(H,32,35)(H,33,36)/t28-/m0/s1. The predicted molar refractivity (Wildman–Crippen MR) is 145 cm³/mol. The van der Waals surface area contributed by atoms with Gasteiger partial charge in [0, 0.05) is 30.4 Å². The van der Waals surface area contributed by atoms with Crippen LogP contribution in [0.1, 0.15) is 76.1 Å². The second kappa shape index (κ2) is 11.0. The molecule has 0 unspecified atom stereocenters. The minimum atomic E-state index is -0.0155. The summed E-state index contributed by atoms with van der Waals surface area (Å²) in [5, 5.41) is 6.51. The van der Waals surface area contributed by atoms with Gasteiger partial charge in [0.2, 0.25) is 0 Å². The fourth-order valence-corrected chi connectivity index (χ4v) is 5.51. The van der Waals surface area contributed by atoms with Crippen LogP contribution in [0.4, 0.5) is 5.69 Å². The Morgan fingerprint density at radius 1 is 0.833 bits per heavy atom. The average molecular weight is 482 g/mol. The topological polar surface area (TPSA) is 61.4 Å². The molecule has 1 heterocycles. The molecule has 0 bridgehead atoms. The van der Waals surface area contributed by atoms with Gasteiger partial charge in [0.15, 0.2) is 0 Å².